The van der Waals surface area contributed by atoms with Crippen LogP contribution in [0.5, 0.6) is 0 Å². The van der Waals surface area contributed by atoms with Crippen molar-refractivity contribution >= 4 is 23.9 Å². The first-order chi connectivity index (χ1) is 21.5. The maximum Gasteiger partial charge on any atom is 0.251 e. The number of hydrogen-bond donors (Lipinski definition) is 6. The second kappa shape index (κ2) is 13.0. The van der Waals surface area contributed by atoms with E-state index in [0.717, 1.165) is 55.2 Å². The van der Waals surface area contributed by atoms with Gasteiger partial charge in [-0.3, -0.25) is 14.6 Å². The molecular weight excluding hydrogens is 564 g/mol. The van der Waals surface area contributed by atoms with E-state index < -0.39 is 29.6 Å². The molecule has 2 fully saturated rings. The number of nitrogens with two attached hydrogens (primary N) is 1. The Morgan fingerprint density at radius 2 is 1.80 bits per heavy atom. The lowest BCUT2D eigenvalue weighted by Crippen LogP contribution is -2.73. The second-order valence-electron chi connectivity index (χ2n) is 13.5. The quantitative estimate of drug-likeness (QED) is 0.177. The average molecular weight is 615 g/mol. The Hall–Kier alpha value is -3.56. The van der Waals surface area contributed by atoms with Crippen LogP contribution in [0.25, 0.3) is 0 Å². The summed E-state index contributed by atoms with van der Waals surface area (Å²) in [6.07, 6.45) is 6.48. The molecule has 1 saturated carbocycles. The van der Waals surface area contributed by atoms with Crippen LogP contribution in [0.15, 0.2) is 41.4 Å². The molecule has 2 aromatic carbocycles. The molecule has 6 atom stereocenters. The fraction of sp³-hybridized carbons (Fsp3) is 0.556. The van der Waals surface area contributed by atoms with Gasteiger partial charge in [-0.05, 0) is 100.0 Å². The minimum absolute atomic E-state index is 0.172. The zero-order valence-corrected chi connectivity index (χ0v) is 27.4. The summed E-state index contributed by atoms with van der Waals surface area (Å²) in [5.74, 6) is -0.228. The number of piperidine rings is 1. The van der Waals surface area contributed by atoms with Crippen LogP contribution in [-0.4, -0.2) is 65.3 Å². The lowest BCUT2D eigenvalue weighted by Gasteiger charge is -2.56. The number of amidine groups is 1. The lowest BCUT2D eigenvalue weighted by atomic mass is 9.58. The van der Waals surface area contributed by atoms with Crippen LogP contribution < -0.4 is 21.7 Å². The minimum atomic E-state index is -1.15. The summed E-state index contributed by atoms with van der Waals surface area (Å²) < 4.78 is 0. The Bertz CT molecular complexity index is 1460. The molecule has 2 amide bonds. The van der Waals surface area contributed by atoms with Crippen LogP contribution >= 0.6 is 0 Å². The highest BCUT2D eigenvalue weighted by atomic mass is 16.3. The number of fused-ring (bicyclic) bond motifs is 1. The van der Waals surface area contributed by atoms with E-state index in [9.17, 15) is 14.7 Å². The van der Waals surface area contributed by atoms with Crippen molar-refractivity contribution < 1.29 is 14.7 Å². The number of aliphatic imine (C=N–C) groups is 1. The van der Waals surface area contributed by atoms with Gasteiger partial charge in [-0.2, -0.15) is 0 Å². The van der Waals surface area contributed by atoms with E-state index in [2.05, 4.69) is 28.9 Å². The summed E-state index contributed by atoms with van der Waals surface area (Å²) in [7, 11) is 0. The molecule has 1 aliphatic heterocycles. The standard InChI is InChI=1S/C36H50N6O3/c1-6-28(41-33(44)27-16-10-14-25-13-7-8-15-26(25)27)32(43)36(20-37)23(4)35(17-18-35)42-29(31(36)40-24(5)38)19-39-34(45)30-21(2)11-9-12-22(30)3/h9-12,14,16,20,23,28-29,31-32,37,42-43H,6-8,13,15,17-19H2,1-5H3,(H2,38,40)(H,39,45)(H,41,44)/t23?,28?,29-,31?,32?,36?/m0/s1. The van der Waals surface area contributed by atoms with E-state index in [0.29, 0.717) is 23.4 Å². The van der Waals surface area contributed by atoms with E-state index in [1.54, 1.807) is 6.92 Å². The van der Waals surface area contributed by atoms with Gasteiger partial charge in [0.1, 0.15) is 0 Å². The van der Waals surface area contributed by atoms with Gasteiger partial charge in [-0.1, -0.05) is 44.2 Å². The fourth-order valence-corrected chi connectivity index (χ4v) is 8.14. The number of nitrogens with zero attached hydrogens (tertiary/aromatic N) is 1. The molecule has 242 valence electrons. The van der Waals surface area contributed by atoms with Gasteiger partial charge in [0, 0.05) is 35.5 Å². The van der Waals surface area contributed by atoms with E-state index in [1.165, 1.54) is 11.8 Å². The third kappa shape index (κ3) is 6.04. The topological polar surface area (TPSA) is 153 Å². The van der Waals surface area contributed by atoms with Gasteiger partial charge >= 0.3 is 0 Å². The minimum Gasteiger partial charge on any atom is -0.390 e. The van der Waals surface area contributed by atoms with E-state index in [4.69, 9.17) is 16.1 Å². The van der Waals surface area contributed by atoms with Gasteiger partial charge in [0.05, 0.1) is 29.4 Å². The number of amides is 2. The van der Waals surface area contributed by atoms with Crippen molar-refractivity contribution in [2.24, 2.45) is 22.1 Å². The average Bonchev–Trinajstić information content (AvgIpc) is 3.80. The number of carbonyl (C=O) groups excluding carboxylic acids is 2. The molecule has 1 spiro atoms. The molecule has 2 aromatic rings. The van der Waals surface area contributed by atoms with Gasteiger partial charge < -0.3 is 32.2 Å². The van der Waals surface area contributed by atoms with Crippen LogP contribution in [0.4, 0.5) is 0 Å². The Morgan fingerprint density at radius 1 is 1.13 bits per heavy atom. The third-order valence-corrected chi connectivity index (χ3v) is 10.8. The zero-order chi connectivity index (χ0) is 32.5. The van der Waals surface area contributed by atoms with Gasteiger partial charge in [0.2, 0.25) is 0 Å². The highest BCUT2D eigenvalue weighted by Gasteiger charge is 2.66. The molecule has 9 nitrogen and oxygen atoms in total. The van der Waals surface area contributed by atoms with Gasteiger partial charge in [-0.25, -0.2) is 0 Å². The van der Waals surface area contributed by atoms with E-state index >= 15 is 0 Å². The molecule has 9 heteroatoms. The highest BCUT2D eigenvalue weighted by molar-refractivity contribution is 5.97. The molecule has 2 aliphatic carbocycles. The lowest BCUT2D eigenvalue weighted by molar-refractivity contribution is -0.0490. The highest BCUT2D eigenvalue weighted by Crippen LogP contribution is 2.56. The fourth-order valence-electron chi connectivity index (χ4n) is 8.14. The monoisotopic (exact) mass is 614 g/mol. The van der Waals surface area contributed by atoms with Crippen molar-refractivity contribution in [1.29, 1.82) is 5.41 Å². The smallest absolute Gasteiger partial charge is 0.251 e. The third-order valence-electron chi connectivity index (χ3n) is 10.8. The first-order valence-corrected chi connectivity index (χ1v) is 16.5. The van der Waals surface area contributed by atoms with E-state index in [1.807, 2.05) is 51.1 Å². The number of aryl methyl sites for hydroxylation is 3. The molecule has 0 aromatic heterocycles. The Labute approximate surface area is 267 Å². The summed E-state index contributed by atoms with van der Waals surface area (Å²) in [5.41, 5.74) is 10.2. The van der Waals surface area contributed by atoms with Gasteiger partial charge in [-0.15, -0.1) is 0 Å². The normalized spacial score (nSPS) is 26.8. The predicted octanol–water partition coefficient (Wildman–Crippen LogP) is 4.00. The molecule has 0 bridgehead atoms. The van der Waals surface area contributed by atoms with Crippen LogP contribution in [0.2, 0.25) is 0 Å². The predicted molar refractivity (Wildman–Crippen MR) is 179 cm³/mol. The summed E-state index contributed by atoms with van der Waals surface area (Å²) >= 11 is 0. The first kappa shape index (κ1) is 32.8. The summed E-state index contributed by atoms with van der Waals surface area (Å²) in [5, 5.41) is 31.3. The number of aliphatic hydroxyl groups is 1. The van der Waals surface area contributed by atoms with Crippen LogP contribution in [-0.2, 0) is 12.8 Å². The number of rotatable bonds is 10. The largest absolute Gasteiger partial charge is 0.390 e. The molecule has 5 unspecified atom stereocenters. The van der Waals surface area contributed by atoms with Crippen molar-refractivity contribution in [2.75, 3.05) is 6.54 Å². The SMILES string of the molecule is CCC(NC(=O)c1cccc2c1CCCC2)C(O)C1(C=N)C(N=C(C)N)[C@H](CNC(=O)c2c(C)cccc2C)NC2(CC2)C1C. The zero-order valence-electron chi connectivity index (χ0n) is 27.4. The van der Waals surface area contributed by atoms with Crippen molar-refractivity contribution in [2.45, 2.75) is 109 Å². The number of benzene rings is 2. The molecule has 0 radical (unpaired) electrons. The molecule has 1 saturated heterocycles. The van der Waals surface area contributed by atoms with Crippen LogP contribution in [0.3, 0.4) is 0 Å². The number of hydrogen-bond acceptors (Lipinski definition) is 6. The number of carbonyl (C=O) groups is 2. The van der Waals surface area contributed by atoms with Crippen molar-refractivity contribution in [1.82, 2.24) is 16.0 Å². The maximum atomic E-state index is 13.8. The molecule has 7 N–H and O–H groups in total. The summed E-state index contributed by atoms with van der Waals surface area (Å²) in [6, 6.07) is 10.0. The maximum absolute atomic E-state index is 13.8. The number of nitrogens with one attached hydrogen (secondary N) is 4. The Morgan fingerprint density at radius 3 is 2.42 bits per heavy atom. The molecular formula is C36H50N6O3. The Kier molecular flexibility index (Phi) is 9.52. The summed E-state index contributed by atoms with van der Waals surface area (Å²) in [4.78, 5) is 32.1. The van der Waals surface area contributed by atoms with E-state index in [-0.39, 0.29) is 29.8 Å². The van der Waals surface area contributed by atoms with Crippen molar-refractivity contribution in [3.63, 3.8) is 0 Å². The molecule has 3 aliphatic rings. The van der Waals surface area contributed by atoms with Crippen LogP contribution in [0.1, 0.15) is 95.8 Å². The van der Waals surface area contributed by atoms with Crippen LogP contribution in [0, 0.1) is 30.6 Å². The van der Waals surface area contributed by atoms with Crippen molar-refractivity contribution in [3.8, 4) is 0 Å². The second-order valence-corrected chi connectivity index (χ2v) is 13.5. The summed E-state index contributed by atoms with van der Waals surface area (Å²) in [6.45, 7) is 9.80. The first-order valence-electron chi connectivity index (χ1n) is 16.5. The molecule has 5 rings (SSSR count). The van der Waals surface area contributed by atoms with Gasteiger partial charge in [0.25, 0.3) is 11.8 Å². The Balaban J connectivity index is 1.47. The molecule has 45 heavy (non-hydrogen) atoms. The number of aliphatic hydroxyl groups excluding tert-OH is 1. The molecule has 1 heterocycles. The van der Waals surface area contributed by atoms with Gasteiger partial charge in [0.15, 0.2) is 0 Å². The van der Waals surface area contributed by atoms with Crippen molar-refractivity contribution in [3.05, 3.63) is 69.8 Å².